The van der Waals surface area contributed by atoms with Crippen molar-refractivity contribution in [2.45, 2.75) is 172 Å². The van der Waals surface area contributed by atoms with Gasteiger partial charge >= 0.3 is 24.1 Å². The van der Waals surface area contributed by atoms with E-state index in [1.165, 1.54) is 50.1 Å². The van der Waals surface area contributed by atoms with Gasteiger partial charge in [-0.25, -0.2) is 19.2 Å². The van der Waals surface area contributed by atoms with E-state index in [1.807, 2.05) is 24.0 Å². The number of carbonyl (C=O) groups is 10. The summed E-state index contributed by atoms with van der Waals surface area (Å²) in [7, 11) is 5.91. The van der Waals surface area contributed by atoms with E-state index in [2.05, 4.69) is 26.6 Å². The van der Waals surface area contributed by atoms with Crippen LogP contribution in [0.25, 0.3) is 0 Å². The van der Waals surface area contributed by atoms with Crippen LogP contribution in [0.5, 0.6) is 5.75 Å². The number of likely N-dealkylation sites (N-methyl/N-ethyl adjacent to an activating group) is 1. The van der Waals surface area contributed by atoms with E-state index in [4.69, 9.17) is 50.6 Å². The Morgan fingerprint density at radius 2 is 1.64 bits per heavy atom. The number of nitrogens with one attached hydrogen (secondary N) is 5. The van der Waals surface area contributed by atoms with Gasteiger partial charge in [0.15, 0.2) is 5.72 Å². The molecule has 4 saturated heterocycles. The number of rotatable bonds is 23. The Labute approximate surface area is 550 Å². The number of nitrogens with zero attached hydrogens (tertiary/aromatic N) is 4. The number of ether oxygens (including phenoxy) is 6. The Morgan fingerprint density at radius 3 is 2.30 bits per heavy atom. The van der Waals surface area contributed by atoms with Gasteiger partial charge in [-0.15, -0.1) is 5.06 Å². The molecule has 5 aliphatic rings. The summed E-state index contributed by atoms with van der Waals surface area (Å²) in [5.74, 6) is -6.22. The van der Waals surface area contributed by atoms with E-state index < -0.39 is 131 Å². The van der Waals surface area contributed by atoms with Gasteiger partial charge in [-0.1, -0.05) is 56.2 Å². The number of aliphatic hydroxyl groups excluding tert-OH is 1. The number of unbranched alkanes of at least 4 members (excludes halogenated alkanes) is 1. The van der Waals surface area contributed by atoms with Gasteiger partial charge in [-0.05, 0) is 94.7 Å². The van der Waals surface area contributed by atoms with Crippen LogP contribution in [-0.4, -0.2) is 201 Å². The molecule has 0 saturated carbocycles. The maximum atomic E-state index is 14.7. The van der Waals surface area contributed by atoms with Crippen molar-refractivity contribution in [1.82, 2.24) is 31.2 Å². The lowest BCUT2D eigenvalue weighted by Crippen LogP contribution is -2.63. The summed E-state index contributed by atoms with van der Waals surface area (Å²) >= 11 is 6.93. The van der Waals surface area contributed by atoms with Crippen molar-refractivity contribution in [2.75, 3.05) is 76.3 Å². The Bertz CT molecular complexity index is 3200. The number of anilines is 3. The van der Waals surface area contributed by atoms with Gasteiger partial charge in [0.25, 0.3) is 17.7 Å². The number of morpholine rings is 1. The first kappa shape index (κ1) is 73.3. The number of hydroxylamine groups is 2. The van der Waals surface area contributed by atoms with Crippen LogP contribution in [0.2, 0.25) is 5.02 Å². The number of amides is 9. The first-order chi connectivity index (χ1) is 44.5. The van der Waals surface area contributed by atoms with Crippen LogP contribution in [0.1, 0.15) is 122 Å². The largest absolute Gasteiger partial charge is 0.495 e. The third kappa shape index (κ3) is 18.4. The van der Waals surface area contributed by atoms with Crippen LogP contribution < -0.4 is 46.9 Å². The van der Waals surface area contributed by atoms with E-state index >= 15 is 0 Å². The number of fused-ring (bicyclic) bond motifs is 5. The Balaban J connectivity index is 1.09. The number of hydrogen-bond donors (Lipinski definition) is 8. The number of primary amides is 1. The molecule has 516 valence electrons. The number of methoxy groups -OCH3 is 2. The third-order valence-electron chi connectivity index (χ3n) is 17.6. The molecule has 94 heavy (non-hydrogen) atoms. The number of urea groups is 1. The molecule has 0 aromatic heterocycles. The fraction of sp³-hybridized carbons (Fsp3) is 0.594. The summed E-state index contributed by atoms with van der Waals surface area (Å²) in [6.07, 6.45) is -0.904. The second-order valence-corrected chi connectivity index (χ2v) is 25.2. The van der Waals surface area contributed by atoms with Crippen LogP contribution in [0.15, 0.2) is 54.1 Å². The Morgan fingerprint density at radius 1 is 0.947 bits per heavy atom. The quantitative estimate of drug-likeness (QED) is 0.0341. The molecule has 9 amide bonds. The molecule has 1 unspecified atom stereocenters. The van der Waals surface area contributed by atoms with Crippen LogP contribution >= 0.6 is 11.6 Å². The highest BCUT2D eigenvalue weighted by Gasteiger charge is 2.64. The van der Waals surface area contributed by atoms with E-state index in [-0.39, 0.29) is 87.0 Å². The van der Waals surface area contributed by atoms with E-state index in [1.54, 1.807) is 59.0 Å². The Hall–Kier alpha value is -8.09. The number of epoxide rings is 1. The maximum absolute atomic E-state index is 14.7. The molecule has 4 bridgehead atoms. The highest BCUT2D eigenvalue weighted by atomic mass is 35.5. The van der Waals surface area contributed by atoms with Gasteiger partial charge in [0.05, 0.1) is 43.5 Å². The first-order valence-electron chi connectivity index (χ1n) is 31.5. The number of hydrogen-bond acceptors (Lipinski definition) is 21. The molecule has 7 rings (SSSR count). The van der Waals surface area contributed by atoms with Crippen LogP contribution in [0, 0.1) is 11.8 Å². The van der Waals surface area contributed by atoms with E-state index in [0.717, 1.165) is 11.1 Å². The molecule has 5 heterocycles. The van der Waals surface area contributed by atoms with Gasteiger partial charge in [-0.3, -0.25) is 34.1 Å². The predicted octanol–water partition coefficient (Wildman–Crippen LogP) is 3.64. The number of esters is 1. The molecular weight excluding hydrogens is 1250 g/mol. The zero-order chi connectivity index (χ0) is 68.9. The third-order valence-corrected chi connectivity index (χ3v) is 17.9. The highest BCUT2D eigenvalue weighted by molar-refractivity contribution is 6.34. The Kier molecular flexibility index (Phi) is 25.2. The minimum Gasteiger partial charge on any atom is -0.495 e. The molecule has 30 heteroatoms. The predicted molar refractivity (Wildman–Crippen MR) is 341 cm³/mol. The molecule has 0 spiro atoms. The van der Waals surface area contributed by atoms with E-state index in [0.29, 0.717) is 54.9 Å². The van der Waals surface area contributed by atoms with Crippen LogP contribution in [0.4, 0.5) is 26.7 Å². The summed E-state index contributed by atoms with van der Waals surface area (Å²) in [5, 5.41) is 38.2. The number of allylic oxidation sites excluding steroid dienone is 3. The van der Waals surface area contributed by atoms with Gasteiger partial charge in [-0.2, -0.15) is 0 Å². The van der Waals surface area contributed by atoms with E-state index in [9.17, 15) is 58.2 Å². The van der Waals surface area contributed by atoms with Gasteiger partial charge in [0.1, 0.15) is 59.0 Å². The first-order valence-corrected chi connectivity index (χ1v) is 31.8. The van der Waals surface area contributed by atoms with Gasteiger partial charge < -0.3 is 85.2 Å². The van der Waals surface area contributed by atoms with Crippen molar-refractivity contribution in [2.24, 2.45) is 17.6 Å². The fourth-order valence-corrected chi connectivity index (χ4v) is 12.1. The lowest BCUT2D eigenvalue weighted by atomic mass is 9.83. The monoisotopic (exact) mass is 1340 g/mol. The van der Waals surface area contributed by atoms with Crippen molar-refractivity contribution in [3.05, 3.63) is 70.3 Å². The van der Waals surface area contributed by atoms with Crippen molar-refractivity contribution >= 4 is 88.2 Å². The number of alkyl carbamates (subject to hydrolysis) is 1. The lowest BCUT2D eigenvalue weighted by Gasteiger charge is -2.42. The highest BCUT2D eigenvalue weighted by Crippen LogP contribution is 2.50. The summed E-state index contributed by atoms with van der Waals surface area (Å²) in [4.78, 5) is 141. The second-order valence-electron chi connectivity index (χ2n) is 24.8. The molecular formula is C64H89ClN10O19. The average Bonchev–Trinajstić information content (AvgIpc) is 1.57. The lowest BCUT2D eigenvalue weighted by molar-refractivity contribution is -0.197. The number of nitrogens with two attached hydrogens (primary N) is 1. The number of carbonyl (C=O) groups excluding carboxylic acids is 10. The molecule has 4 fully saturated rings. The molecule has 2 aromatic rings. The molecule has 29 nitrogen and oxygen atoms in total. The van der Waals surface area contributed by atoms with Crippen LogP contribution in [-0.2, 0) is 68.5 Å². The molecule has 5 aliphatic heterocycles. The number of aliphatic hydroxyl groups is 2. The van der Waals surface area contributed by atoms with Gasteiger partial charge in [0, 0.05) is 90.8 Å². The SMILES string of the molecule is COc1cc2cc(c1Cl)N(C)C(O)C[C@H](OC(=O)[C@H](C)N(C)C(=O)c1ccc(NC(=O)[C@H](CCCNC(N)=O)NC(=O)[C@@H](NC(=O)CCCCC(=O)ON3C(=O)CCC3=O)C(C)C)c(N3CCOCC3)c1)[C@]1(C)O[C@H]1[C@H](C)[C@@H]1C[C@@](O)(NC(=O)O1)[C@H](OC)/C=C/C=C(\C)C2. The molecule has 2 aromatic carbocycles. The average molecular weight is 1340 g/mol. The van der Waals surface area contributed by atoms with Crippen molar-refractivity contribution in [3.8, 4) is 5.75 Å². The smallest absolute Gasteiger partial charge is 0.409 e. The van der Waals surface area contributed by atoms with Crippen molar-refractivity contribution < 1.29 is 91.4 Å². The summed E-state index contributed by atoms with van der Waals surface area (Å²) in [5.41, 5.74) is 4.86. The standard InChI is InChI=1S/C64H89ClN10O19/c1-35(2)55(70-49(76)18-11-12-19-53(80)94-75-50(77)22-23-51(75)78)58(82)69-42(16-14-24-67-61(66)85)57(81)68-41-21-20-40(32-43(41)74-25-27-90-28-26-74)59(83)72(7)38(5)60(84)92-48-33-52(79)73(8)44-30-39(31-45(88-9)54(44)65)29-36(3)15-13-17-47(89-10)64(87)34-46(91-62(86)71-64)37(4)56-63(48,6)93-56/h13,15,17,20-21,30-32,35,37-38,42,46-48,52,55-56,79,87H,11-12,14,16,18-19,22-29,33-34H2,1-10H3,(H,68,81)(H,69,82)(H,70,76)(H,71,86)(H3,66,67,85)/b17-13+,36-15+/t37-,38+,42+,46+,47-,48+,52?,55+,56+,63+,64+/m1/s1. The zero-order valence-electron chi connectivity index (χ0n) is 54.8. The zero-order valence-corrected chi connectivity index (χ0v) is 55.5. The van der Waals surface area contributed by atoms with Crippen molar-refractivity contribution in [3.63, 3.8) is 0 Å². The van der Waals surface area contributed by atoms with Crippen molar-refractivity contribution in [1.29, 1.82) is 0 Å². The molecule has 0 aliphatic carbocycles. The second kappa shape index (κ2) is 32.4. The molecule has 9 N–H and O–H groups in total. The normalized spacial score (nSPS) is 25.8. The number of imide groups is 1. The van der Waals surface area contributed by atoms with Crippen LogP contribution in [0.3, 0.4) is 0 Å². The fourth-order valence-electron chi connectivity index (χ4n) is 11.8. The summed E-state index contributed by atoms with van der Waals surface area (Å²) in [6.45, 7) is 11.6. The molecule has 0 radical (unpaired) electrons. The minimum atomic E-state index is -1.92. The summed E-state index contributed by atoms with van der Waals surface area (Å²) < 4.78 is 35.6. The number of benzene rings is 2. The van der Waals surface area contributed by atoms with Gasteiger partial charge in [0.2, 0.25) is 17.7 Å². The molecule has 11 atom stereocenters. The summed E-state index contributed by atoms with van der Waals surface area (Å²) in [6, 6.07) is 3.66. The maximum Gasteiger partial charge on any atom is 0.409 e. The minimum absolute atomic E-state index is 0.00842. The number of halogens is 1. The topological polar surface area (TPSA) is 378 Å².